The SMILES string of the molecule is COP(=O)(NC(C(=O)N1CCC[C@H]1C(=O)NCc1ccc(C(=N)N)cc1)C(c1ccccc1)c1ccccc1)OC. The van der Waals surface area contributed by atoms with Crippen molar-refractivity contribution in [3.05, 3.63) is 107 Å². The summed E-state index contributed by atoms with van der Waals surface area (Å²) in [4.78, 5) is 29.3. The van der Waals surface area contributed by atoms with Gasteiger partial charge in [-0.1, -0.05) is 84.9 Å². The fourth-order valence-electron chi connectivity index (χ4n) is 5.11. The van der Waals surface area contributed by atoms with E-state index in [0.29, 0.717) is 24.9 Å². The zero-order chi connectivity index (χ0) is 29.4. The van der Waals surface area contributed by atoms with E-state index >= 15 is 0 Å². The molecule has 1 fully saturated rings. The van der Waals surface area contributed by atoms with Crippen LogP contribution in [-0.2, 0) is 29.7 Å². The Morgan fingerprint density at radius 3 is 2.05 bits per heavy atom. The lowest BCUT2D eigenvalue weighted by atomic mass is 9.84. The van der Waals surface area contributed by atoms with E-state index < -0.39 is 25.7 Å². The molecular formula is C30H36N5O5P. The lowest BCUT2D eigenvalue weighted by Crippen LogP contribution is -2.53. The zero-order valence-electron chi connectivity index (χ0n) is 23.2. The number of carbonyl (C=O) groups is 2. The van der Waals surface area contributed by atoms with Crippen LogP contribution in [0.15, 0.2) is 84.9 Å². The lowest BCUT2D eigenvalue weighted by molar-refractivity contribution is -0.140. The summed E-state index contributed by atoms with van der Waals surface area (Å²) in [6.45, 7) is 0.638. The third-order valence-electron chi connectivity index (χ3n) is 7.26. The topological polar surface area (TPSA) is 147 Å². The maximum Gasteiger partial charge on any atom is 0.405 e. The highest BCUT2D eigenvalue weighted by Gasteiger charge is 2.43. The van der Waals surface area contributed by atoms with Gasteiger partial charge in [0.1, 0.15) is 17.9 Å². The molecule has 1 aliphatic heterocycles. The Morgan fingerprint density at radius 2 is 1.54 bits per heavy atom. The van der Waals surface area contributed by atoms with E-state index in [9.17, 15) is 14.2 Å². The Morgan fingerprint density at radius 1 is 0.976 bits per heavy atom. The number of carbonyl (C=O) groups excluding carboxylic acids is 2. The summed E-state index contributed by atoms with van der Waals surface area (Å²) in [5, 5.41) is 13.4. The van der Waals surface area contributed by atoms with Crippen LogP contribution in [0.4, 0.5) is 0 Å². The van der Waals surface area contributed by atoms with Crippen molar-refractivity contribution in [2.45, 2.75) is 37.4 Å². The monoisotopic (exact) mass is 577 g/mol. The van der Waals surface area contributed by atoms with Crippen LogP contribution in [0.25, 0.3) is 0 Å². The molecule has 1 heterocycles. The molecule has 10 nitrogen and oxygen atoms in total. The van der Waals surface area contributed by atoms with Gasteiger partial charge >= 0.3 is 7.75 Å². The normalized spacial score (nSPS) is 16.0. The maximum absolute atomic E-state index is 14.4. The fraction of sp³-hybridized carbons (Fsp3) is 0.300. The average molecular weight is 578 g/mol. The molecule has 216 valence electrons. The average Bonchev–Trinajstić information content (AvgIpc) is 3.51. The zero-order valence-corrected chi connectivity index (χ0v) is 24.1. The van der Waals surface area contributed by atoms with Crippen molar-refractivity contribution in [3.63, 3.8) is 0 Å². The molecule has 5 N–H and O–H groups in total. The number of nitrogens with zero attached hydrogens (tertiary/aromatic N) is 1. The number of hydrogen-bond donors (Lipinski definition) is 4. The van der Waals surface area contributed by atoms with Gasteiger partial charge in [-0.3, -0.25) is 15.0 Å². The van der Waals surface area contributed by atoms with E-state index in [4.69, 9.17) is 20.2 Å². The minimum atomic E-state index is -3.86. The molecule has 0 spiro atoms. The van der Waals surface area contributed by atoms with Crippen LogP contribution >= 0.6 is 7.75 Å². The van der Waals surface area contributed by atoms with E-state index in [0.717, 1.165) is 16.7 Å². The Balaban J connectivity index is 1.62. The first-order chi connectivity index (χ1) is 19.8. The van der Waals surface area contributed by atoms with Crippen LogP contribution in [0.1, 0.15) is 41.0 Å². The van der Waals surface area contributed by atoms with Gasteiger partial charge in [0.2, 0.25) is 11.8 Å². The second-order valence-corrected chi connectivity index (χ2v) is 11.8. The fourth-order valence-corrected chi connectivity index (χ4v) is 6.07. The predicted molar refractivity (Wildman–Crippen MR) is 157 cm³/mol. The largest absolute Gasteiger partial charge is 0.405 e. The first-order valence-electron chi connectivity index (χ1n) is 13.4. The number of rotatable bonds is 12. The van der Waals surface area contributed by atoms with E-state index in [-0.39, 0.29) is 24.2 Å². The van der Waals surface area contributed by atoms with Gasteiger partial charge in [0.25, 0.3) is 0 Å². The number of amides is 2. The van der Waals surface area contributed by atoms with Gasteiger partial charge in [-0.05, 0) is 29.5 Å². The number of nitrogens with two attached hydrogens (primary N) is 1. The molecular weight excluding hydrogens is 541 g/mol. The van der Waals surface area contributed by atoms with Gasteiger partial charge in [0.15, 0.2) is 0 Å². The molecule has 0 aromatic heterocycles. The molecule has 1 unspecified atom stereocenters. The summed E-state index contributed by atoms with van der Waals surface area (Å²) in [5.41, 5.74) is 8.63. The number of likely N-dealkylation sites (tertiary alicyclic amines) is 1. The molecule has 0 bridgehead atoms. The molecule has 0 saturated carbocycles. The summed E-state index contributed by atoms with van der Waals surface area (Å²) < 4.78 is 23.7. The van der Waals surface area contributed by atoms with Gasteiger partial charge in [-0.15, -0.1) is 0 Å². The molecule has 11 heteroatoms. The number of nitrogen functional groups attached to an aromatic ring is 1. The minimum absolute atomic E-state index is 0.0281. The van der Waals surface area contributed by atoms with Crippen molar-refractivity contribution in [2.24, 2.45) is 5.73 Å². The number of nitrogens with one attached hydrogen (secondary N) is 3. The number of benzene rings is 3. The van der Waals surface area contributed by atoms with E-state index in [1.165, 1.54) is 14.2 Å². The first kappa shape index (κ1) is 30.1. The quantitative estimate of drug-likeness (QED) is 0.146. The van der Waals surface area contributed by atoms with Crippen LogP contribution in [0, 0.1) is 5.41 Å². The van der Waals surface area contributed by atoms with Gasteiger partial charge in [0.05, 0.1) is 0 Å². The Labute approximate surface area is 240 Å². The van der Waals surface area contributed by atoms with Crippen molar-refractivity contribution in [3.8, 4) is 0 Å². The second kappa shape index (κ2) is 13.7. The standard InChI is InChI=1S/C30H36N5O5P/c1-39-41(38,40-2)34-27(26(22-10-5-3-6-11-22)23-12-7-4-8-13-23)30(37)35-19-9-14-25(35)29(36)33-20-21-15-17-24(18-16-21)28(31)32/h3-8,10-13,15-18,25-27H,9,14,19-20H2,1-2H3,(H3,31,32)(H,33,36)(H,34,38)/t25-,27?/m0/s1. The number of amidine groups is 1. The first-order valence-corrected chi connectivity index (χ1v) is 14.9. The smallest absolute Gasteiger partial charge is 0.384 e. The highest BCUT2D eigenvalue weighted by molar-refractivity contribution is 7.51. The van der Waals surface area contributed by atoms with Crippen LogP contribution < -0.4 is 16.1 Å². The van der Waals surface area contributed by atoms with Crippen molar-refractivity contribution in [2.75, 3.05) is 20.8 Å². The van der Waals surface area contributed by atoms with E-state index in [1.807, 2.05) is 60.7 Å². The second-order valence-electron chi connectivity index (χ2n) is 9.79. The van der Waals surface area contributed by atoms with Gasteiger partial charge in [-0.25, -0.2) is 9.65 Å². The molecule has 3 aromatic rings. The molecule has 41 heavy (non-hydrogen) atoms. The van der Waals surface area contributed by atoms with Crippen molar-refractivity contribution < 1.29 is 23.2 Å². The molecule has 1 aliphatic rings. The molecule has 4 rings (SSSR count). The summed E-state index contributed by atoms with van der Waals surface area (Å²) in [6, 6.07) is 24.3. The highest BCUT2D eigenvalue weighted by Crippen LogP contribution is 2.45. The van der Waals surface area contributed by atoms with Crippen LogP contribution in [-0.4, -0.2) is 55.4 Å². The van der Waals surface area contributed by atoms with Crippen molar-refractivity contribution in [1.82, 2.24) is 15.3 Å². The molecule has 0 aliphatic carbocycles. The Kier molecular flexibility index (Phi) is 10.1. The van der Waals surface area contributed by atoms with E-state index in [1.54, 1.807) is 29.2 Å². The van der Waals surface area contributed by atoms with E-state index in [2.05, 4.69) is 10.4 Å². The van der Waals surface area contributed by atoms with Gasteiger partial charge in [-0.2, -0.15) is 0 Å². The van der Waals surface area contributed by atoms with Crippen LogP contribution in [0.2, 0.25) is 0 Å². The maximum atomic E-state index is 14.4. The molecule has 1 saturated heterocycles. The highest BCUT2D eigenvalue weighted by atomic mass is 31.2. The summed E-state index contributed by atoms with van der Waals surface area (Å²) in [7, 11) is -1.34. The predicted octanol–water partition coefficient (Wildman–Crippen LogP) is 3.77. The molecule has 2 amide bonds. The molecule has 0 radical (unpaired) electrons. The molecule has 3 aromatic carbocycles. The molecule has 2 atom stereocenters. The summed E-state index contributed by atoms with van der Waals surface area (Å²) in [6.07, 6.45) is 1.15. The van der Waals surface area contributed by atoms with Crippen molar-refractivity contribution in [1.29, 1.82) is 5.41 Å². The van der Waals surface area contributed by atoms with Crippen LogP contribution in [0.3, 0.4) is 0 Å². The third-order valence-corrected chi connectivity index (χ3v) is 8.82. The van der Waals surface area contributed by atoms with Crippen LogP contribution in [0.5, 0.6) is 0 Å². The van der Waals surface area contributed by atoms with Gasteiger partial charge in [0, 0.05) is 38.8 Å². The minimum Gasteiger partial charge on any atom is -0.384 e. The summed E-state index contributed by atoms with van der Waals surface area (Å²) >= 11 is 0. The van der Waals surface area contributed by atoms with Gasteiger partial charge < -0.3 is 25.0 Å². The lowest BCUT2D eigenvalue weighted by Gasteiger charge is -2.34. The van der Waals surface area contributed by atoms with Crippen molar-refractivity contribution >= 4 is 25.4 Å². The summed E-state index contributed by atoms with van der Waals surface area (Å²) in [5.74, 6) is -1.23. The third kappa shape index (κ3) is 7.28. The Bertz CT molecular complexity index is 1340. The Hall–Kier alpha value is -3.82. The number of hydrogen-bond acceptors (Lipinski definition) is 6.